The second-order valence-corrected chi connectivity index (χ2v) is 4.01. The molecule has 1 amide bonds. The van der Waals surface area contributed by atoms with Gasteiger partial charge < -0.3 is 15.8 Å². The van der Waals surface area contributed by atoms with Gasteiger partial charge in [0.1, 0.15) is 18.1 Å². The summed E-state index contributed by atoms with van der Waals surface area (Å²) in [6.45, 7) is 0.162. The maximum Gasteiger partial charge on any atom is 0.246 e. The van der Waals surface area contributed by atoms with Gasteiger partial charge in [0.2, 0.25) is 5.91 Å². The van der Waals surface area contributed by atoms with Crippen molar-refractivity contribution in [3.63, 3.8) is 0 Å². The summed E-state index contributed by atoms with van der Waals surface area (Å²) in [5.74, 6) is -0.515. The summed E-state index contributed by atoms with van der Waals surface area (Å²) in [6, 6.07) is 4.09. The lowest BCUT2D eigenvalue weighted by Gasteiger charge is -2.08. The van der Waals surface area contributed by atoms with Gasteiger partial charge in [0.25, 0.3) is 0 Å². The zero-order valence-electron chi connectivity index (χ0n) is 10.8. The number of benzene rings is 1. The summed E-state index contributed by atoms with van der Waals surface area (Å²) >= 11 is 0. The number of hydrogen-bond donors (Lipinski definition) is 2. The summed E-state index contributed by atoms with van der Waals surface area (Å²) in [5.41, 5.74) is 6.01. The van der Waals surface area contributed by atoms with Crippen LogP contribution in [0, 0.1) is 5.82 Å². The van der Waals surface area contributed by atoms with Crippen molar-refractivity contribution in [2.24, 2.45) is 5.73 Å². The van der Waals surface area contributed by atoms with Crippen molar-refractivity contribution in [3.05, 3.63) is 35.9 Å². The van der Waals surface area contributed by atoms with Crippen molar-refractivity contribution in [2.75, 3.05) is 12.4 Å². The number of aromatic nitrogens is 3. The van der Waals surface area contributed by atoms with Crippen LogP contribution in [0.15, 0.2) is 24.4 Å². The lowest BCUT2D eigenvalue weighted by atomic mass is 10.3. The van der Waals surface area contributed by atoms with Gasteiger partial charge in [0.05, 0.1) is 24.7 Å². The molecule has 0 atom stereocenters. The van der Waals surface area contributed by atoms with E-state index in [4.69, 9.17) is 10.5 Å². The first-order valence-corrected chi connectivity index (χ1v) is 5.85. The maximum atomic E-state index is 13.5. The standard InChI is InChI=1S/C12H14FN5O2/c1-20-9-2-3-10(13)11(4-9)15-12(19)7-18-6-8(5-14)16-17-18/h2-4,6H,5,7,14H2,1H3,(H,15,19). The minimum Gasteiger partial charge on any atom is -0.497 e. The molecule has 8 heteroatoms. The summed E-state index contributed by atoms with van der Waals surface area (Å²) in [6.07, 6.45) is 1.56. The number of hydrogen-bond acceptors (Lipinski definition) is 5. The van der Waals surface area contributed by atoms with E-state index in [1.165, 1.54) is 30.0 Å². The highest BCUT2D eigenvalue weighted by molar-refractivity contribution is 5.90. The fourth-order valence-electron chi connectivity index (χ4n) is 1.57. The van der Waals surface area contributed by atoms with E-state index in [2.05, 4.69) is 15.6 Å². The third-order valence-corrected chi connectivity index (χ3v) is 2.55. The third kappa shape index (κ3) is 3.29. The van der Waals surface area contributed by atoms with Crippen LogP contribution in [-0.2, 0) is 17.9 Å². The molecular weight excluding hydrogens is 265 g/mol. The fraction of sp³-hybridized carbons (Fsp3) is 0.250. The first-order chi connectivity index (χ1) is 9.62. The Labute approximate surface area is 114 Å². The lowest BCUT2D eigenvalue weighted by molar-refractivity contribution is -0.116. The molecule has 0 bridgehead atoms. The van der Waals surface area contributed by atoms with Crippen LogP contribution in [-0.4, -0.2) is 28.0 Å². The number of carbonyl (C=O) groups is 1. The van der Waals surface area contributed by atoms with Crippen molar-refractivity contribution in [2.45, 2.75) is 13.1 Å². The largest absolute Gasteiger partial charge is 0.497 e. The van der Waals surface area contributed by atoms with E-state index in [-0.39, 0.29) is 18.8 Å². The molecule has 0 saturated heterocycles. The third-order valence-electron chi connectivity index (χ3n) is 2.55. The SMILES string of the molecule is COc1ccc(F)c(NC(=O)Cn2cc(CN)nn2)c1. The number of nitrogens with one attached hydrogen (secondary N) is 1. The number of amides is 1. The molecule has 20 heavy (non-hydrogen) atoms. The highest BCUT2D eigenvalue weighted by Gasteiger charge is 2.10. The van der Waals surface area contributed by atoms with Gasteiger partial charge in [0.15, 0.2) is 0 Å². The van der Waals surface area contributed by atoms with Gasteiger partial charge in [-0.2, -0.15) is 0 Å². The quantitative estimate of drug-likeness (QED) is 0.832. The molecule has 106 valence electrons. The van der Waals surface area contributed by atoms with Gasteiger partial charge in [-0.3, -0.25) is 4.79 Å². The van der Waals surface area contributed by atoms with Gasteiger partial charge in [-0.1, -0.05) is 5.21 Å². The number of ether oxygens (including phenoxy) is 1. The van der Waals surface area contributed by atoms with E-state index in [1.54, 1.807) is 6.20 Å². The number of methoxy groups -OCH3 is 1. The summed E-state index contributed by atoms with van der Waals surface area (Å²) in [4.78, 5) is 11.8. The van der Waals surface area contributed by atoms with Crippen LogP contribution in [0.1, 0.15) is 5.69 Å². The van der Waals surface area contributed by atoms with Crippen LogP contribution < -0.4 is 15.8 Å². The molecule has 2 aromatic rings. The van der Waals surface area contributed by atoms with E-state index in [1.807, 2.05) is 0 Å². The molecule has 1 aromatic carbocycles. The average Bonchev–Trinajstić information content (AvgIpc) is 2.88. The van der Waals surface area contributed by atoms with Crippen molar-refractivity contribution in [1.29, 1.82) is 0 Å². The van der Waals surface area contributed by atoms with Gasteiger partial charge in [-0.05, 0) is 12.1 Å². The molecule has 2 rings (SSSR count). The summed E-state index contributed by atoms with van der Waals surface area (Å²) in [7, 11) is 1.46. The zero-order chi connectivity index (χ0) is 14.5. The van der Waals surface area contributed by atoms with E-state index in [0.29, 0.717) is 11.4 Å². The Morgan fingerprint density at radius 3 is 3.00 bits per heavy atom. The van der Waals surface area contributed by atoms with Crippen LogP contribution in [0.4, 0.5) is 10.1 Å². The molecule has 0 aliphatic rings. The zero-order valence-corrected chi connectivity index (χ0v) is 10.8. The second kappa shape index (κ2) is 6.11. The monoisotopic (exact) mass is 279 g/mol. The molecular formula is C12H14FN5O2. The number of halogens is 1. The minimum absolute atomic E-state index is 0.0495. The number of nitrogens with zero attached hydrogens (tertiary/aromatic N) is 3. The van der Waals surface area contributed by atoms with E-state index in [9.17, 15) is 9.18 Å². The first-order valence-electron chi connectivity index (χ1n) is 5.85. The minimum atomic E-state index is -0.541. The number of nitrogens with two attached hydrogens (primary N) is 1. The molecule has 1 aromatic heterocycles. The lowest BCUT2D eigenvalue weighted by Crippen LogP contribution is -2.19. The summed E-state index contributed by atoms with van der Waals surface area (Å²) in [5, 5.41) is 9.93. The van der Waals surface area contributed by atoms with Gasteiger partial charge in [0, 0.05) is 12.6 Å². The fourth-order valence-corrected chi connectivity index (χ4v) is 1.57. The Bertz CT molecular complexity index is 614. The predicted octanol–water partition coefficient (Wildman–Crippen LogP) is 0.523. The Morgan fingerprint density at radius 2 is 2.35 bits per heavy atom. The first kappa shape index (κ1) is 13.9. The van der Waals surface area contributed by atoms with Crippen molar-refractivity contribution in [3.8, 4) is 5.75 Å². The molecule has 0 fully saturated rings. The molecule has 0 radical (unpaired) electrons. The van der Waals surface area contributed by atoms with Gasteiger partial charge in [-0.15, -0.1) is 5.10 Å². The molecule has 7 nitrogen and oxygen atoms in total. The molecule has 0 aliphatic carbocycles. The molecule has 0 spiro atoms. The van der Waals surface area contributed by atoms with Crippen LogP contribution in [0.3, 0.4) is 0 Å². The van der Waals surface area contributed by atoms with Gasteiger partial charge >= 0.3 is 0 Å². The number of anilines is 1. The molecule has 0 unspecified atom stereocenters. The Hall–Kier alpha value is -2.48. The van der Waals surface area contributed by atoms with E-state index in [0.717, 1.165) is 0 Å². The van der Waals surface area contributed by atoms with E-state index >= 15 is 0 Å². The highest BCUT2D eigenvalue weighted by atomic mass is 19.1. The topological polar surface area (TPSA) is 95.1 Å². The molecule has 1 heterocycles. The Morgan fingerprint density at radius 1 is 1.55 bits per heavy atom. The van der Waals surface area contributed by atoms with Crippen molar-refractivity contribution < 1.29 is 13.9 Å². The van der Waals surface area contributed by atoms with Crippen molar-refractivity contribution in [1.82, 2.24) is 15.0 Å². The maximum absolute atomic E-state index is 13.5. The number of carbonyl (C=O) groups excluding carboxylic acids is 1. The van der Waals surface area contributed by atoms with Crippen LogP contribution in [0.5, 0.6) is 5.75 Å². The van der Waals surface area contributed by atoms with E-state index < -0.39 is 11.7 Å². The van der Waals surface area contributed by atoms with Crippen molar-refractivity contribution >= 4 is 11.6 Å². The Balaban J connectivity index is 2.04. The van der Waals surface area contributed by atoms with Crippen LogP contribution in [0.25, 0.3) is 0 Å². The molecule has 3 N–H and O–H groups in total. The average molecular weight is 279 g/mol. The van der Waals surface area contributed by atoms with Crippen LogP contribution in [0.2, 0.25) is 0 Å². The molecule has 0 aliphatic heterocycles. The molecule has 0 saturated carbocycles. The second-order valence-electron chi connectivity index (χ2n) is 4.01. The normalized spacial score (nSPS) is 10.3. The predicted molar refractivity (Wildman–Crippen MR) is 69.5 cm³/mol. The smallest absolute Gasteiger partial charge is 0.246 e. The Kier molecular flexibility index (Phi) is 4.26. The van der Waals surface area contributed by atoms with Crippen LogP contribution >= 0.6 is 0 Å². The number of rotatable bonds is 5. The van der Waals surface area contributed by atoms with Gasteiger partial charge in [-0.25, -0.2) is 9.07 Å². The highest BCUT2D eigenvalue weighted by Crippen LogP contribution is 2.20. The summed E-state index contributed by atoms with van der Waals surface area (Å²) < 4.78 is 19.8.